The molecule has 2 fully saturated rings. The zero-order valence-electron chi connectivity index (χ0n) is 12.2. The van der Waals surface area contributed by atoms with Crippen LogP contribution in [0.15, 0.2) is 22.8 Å². The average Bonchev–Trinajstić information content (AvgIpc) is 2.93. The Morgan fingerprint density at radius 3 is 2.63 bits per heavy atom. The van der Waals surface area contributed by atoms with Crippen molar-refractivity contribution >= 4 is 0 Å². The molecule has 3 nitrogen and oxygen atoms in total. The van der Waals surface area contributed by atoms with Crippen LogP contribution >= 0.6 is 0 Å². The van der Waals surface area contributed by atoms with Crippen molar-refractivity contribution < 1.29 is 14.2 Å². The Kier molecular flexibility index (Phi) is 4.24. The van der Waals surface area contributed by atoms with Crippen molar-refractivity contribution in [3.63, 3.8) is 0 Å². The van der Waals surface area contributed by atoms with Crippen molar-refractivity contribution in [2.24, 2.45) is 5.92 Å². The number of rotatable bonds is 3. The van der Waals surface area contributed by atoms with E-state index >= 15 is 0 Å². The van der Waals surface area contributed by atoms with E-state index in [1.807, 2.05) is 11.0 Å². The highest BCUT2D eigenvalue weighted by atomic mass is 16.3. The van der Waals surface area contributed by atoms with E-state index in [-0.39, 0.29) is 0 Å². The molecule has 0 spiro atoms. The lowest BCUT2D eigenvalue weighted by molar-refractivity contribution is -1.03. The molecule has 0 aromatic carbocycles. The lowest BCUT2D eigenvalue weighted by atomic mass is 9.84. The highest BCUT2D eigenvalue weighted by Gasteiger charge is 2.34. The van der Waals surface area contributed by atoms with Gasteiger partial charge >= 0.3 is 0 Å². The quantitative estimate of drug-likeness (QED) is 0.797. The number of quaternary nitrogens is 2. The van der Waals surface area contributed by atoms with Gasteiger partial charge in [0.1, 0.15) is 32.7 Å². The molecule has 2 heterocycles. The summed E-state index contributed by atoms with van der Waals surface area (Å²) in [7, 11) is 0. The summed E-state index contributed by atoms with van der Waals surface area (Å²) in [6.45, 7) is 8.86. The molecule has 19 heavy (non-hydrogen) atoms. The van der Waals surface area contributed by atoms with E-state index in [4.69, 9.17) is 4.42 Å². The van der Waals surface area contributed by atoms with Crippen LogP contribution in [0.3, 0.4) is 0 Å². The first kappa shape index (κ1) is 13.2. The average molecular weight is 264 g/mol. The van der Waals surface area contributed by atoms with Gasteiger partial charge in [-0.2, -0.15) is 0 Å². The molecule has 1 saturated carbocycles. The number of piperazine rings is 1. The predicted molar refractivity (Wildman–Crippen MR) is 75.2 cm³/mol. The van der Waals surface area contributed by atoms with Gasteiger partial charge in [-0.25, -0.2) is 0 Å². The summed E-state index contributed by atoms with van der Waals surface area (Å²) >= 11 is 0. The smallest absolute Gasteiger partial charge is 0.157 e. The first-order valence-corrected chi connectivity index (χ1v) is 8.03. The highest BCUT2D eigenvalue weighted by Crippen LogP contribution is 2.21. The van der Waals surface area contributed by atoms with Crippen LogP contribution in [0.25, 0.3) is 0 Å². The van der Waals surface area contributed by atoms with Gasteiger partial charge in [0.2, 0.25) is 0 Å². The van der Waals surface area contributed by atoms with E-state index in [1.165, 1.54) is 51.9 Å². The molecule has 1 aliphatic heterocycles. The Morgan fingerprint density at radius 1 is 1.16 bits per heavy atom. The third-order valence-corrected chi connectivity index (χ3v) is 5.24. The van der Waals surface area contributed by atoms with Gasteiger partial charge < -0.3 is 14.2 Å². The van der Waals surface area contributed by atoms with Gasteiger partial charge in [-0.05, 0) is 31.4 Å². The van der Waals surface area contributed by atoms with Gasteiger partial charge in [0.25, 0.3) is 0 Å². The van der Waals surface area contributed by atoms with Crippen molar-refractivity contribution in [3.8, 4) is 0 Å². The van der Waals surface area contributed by atoms with E-state index in [0.717, 1.165) is 24.3 Å². The molecule has 3 heteroatoms. The zero-order valence-corrected chi connectivity index (χ0v) is 12.2. The van der Waals surface area contributed by atoms with Crippen molar-refractivity contribution in [2.45, 2.75) is 45.2 Å². The van der Waals surface area contributed by atoms with Crippen LogP contribution in [0.2, 0.25) is 0 Å². The molecule has 2 aliphatic rings. The van der Waals surface area contributed by atoms with E-state index in [2.05, 4.69) is 13.0 Å². The summed E-state index contributed by atoms with van der Waals surface area (Å²) < 4.78 is 5.47. The third-order valence-electron chi connectivity index (χ3n) is 5.24. The molecule has 2 atom stereocenters. The second kappa shape index (κ2) is 6.10. The first-order valence-electron chi connectivity index (χ1n) is 8.03. The van der Waals surface area contributed by atoms with Crippen LogP contribution in [0.1, 0.15) is 38.4 Å². The summed E-state index contributed by atoms with van der Waals surface area (Å²) in [5.74, 6) is 2.08. The fourth-order valence-electron chi connectivity index (χ4n) is 4.05. The summed E-state index contributed by atoms with van der Waals surface area (Å²) in [6, 6.07) is 5.05. The lowest BCUT2D eigenvalue weighted by Crippen LogP contribution is -3.29. The third kappa shape index (κ3) is 3.21. The van der Waals surface area contributed by atoms with Gasteiger partial charge in [-0.15, -0.1) is 0 Å². The van der Waals surface area contributed by atoms with E-state index in [1.54, 1.807) is 11.2 Å². The fraction of sp³-hybridized carbons (Fsp3) is 0.750. The van der Waals surface area contributed by atoms with Crippen molar-refractivity contribution in [1.29, 1.82) is 0 Å². The van der Waals surface area contributed by atoms with Crippen LogP contribution < -0.4 is 9.80 Å². The van der Waals surface area contributed by atoms with Crippen LogP contribution in [0.5, 0.6) is 0 Å². The molecule has 0 radical (unpaired) electrons. The van der Waals surface area contributed by atoms with E-state index < -0.39 is 0 Å². The molecular formula is C16H28N2O+2. The lowest BCUT2D eigenvalue weighted by Gasteiger charge is -2.39. The largest absolute Gasteiger partial charge is 0.463 e. The monoisotopic (exact) mass is 264 g/mol. The summed E-state index contributed by atoms with van der Waals surface area (Å²) in [6.07, 6.45) is 7.63. The minimum atomic E-state index is 0.940. The van der Waals surface area contributed by atoms with Crippen molar-refractivity contribution in [2.75, 3.05) is 26.2 Å². The Bertz CT molecular complexity index is 368. The summed E-state index contributed by atoms with van der Waals surface area (Å²) in [5.41, 5.74) is 0. The van der Waals surface area contributed by atoms with Crippen LogP contribution in [-0.4, -0.2) is 32.2 Å². The van der Waals surface area contributed by atoms with Gasteiger partial charge in [-0.1, -0.05) is 13.3 Å². The first-order chi connectivity index (χ1) is 9.33. The minimum Gasteiger partial charge on any atom is -0.463 e. The number of hydrogen-bond donors (Lipinski definition) is 2. The molecule has 0 amide bonds. The van der Waals surface area contributed by atoms with Crippen LogP contribution in [0, 0.1) is 5.92 Å². The molecular weight excluding hydrogens is 236 g/mol. The second-order valence-corrected chi connectivity index (χ2v) is 6.53. The maximum Gasteiger partial charge on any atom is 0.157 e. The maximum atomic E-state index is 5.47. The molecule has 2 N–H and O–H groups in total. The minimum absolute atomic E-state index is 0.940. The molecule has 106 valence electrons. The number of furan rings is 1. The van der Waals surface area contributed by atoms with Crippen molar-refractivity contribution in [1.82, 2.24) is 0 Å². The van der Waals surface area contributed by atoms with E-state index in [0.29, 0.717) is 0 Å². The highest BCUT2D eigenvalue weighted by molar-refractivity contribution is 4.95. The molecule has 1 aromatic rings. The van der Waals surface area contributed by atoms with Crippen LogP contribution in [-0.2, 0) is 6.54 Å². The fourth-order valence-corrected chi connectivity index (χ4v) is 4.05. The van der Waals surface area contributed by atoms with Crippen molar-refractivity contribution in [3.05, 3.63) is 24.2 Å². The Labute approximate surface area is 116 Å². The molecule has 1 aromatic heterocycles. The number of hydrogen-bond acceptors (Lipinski definition) is 1. The Hall–Kier alpha value is -0.800. The molecule has 0 bridgehead atoms. The van der Waals surface area contributed by atoms with Crippen LogP contribution in [0.4, 0.5) is 0 Å². The molecule has 1 aliphatic carbocycles. The Balaban J connectivity index is 1.49. The summed E-state index contributed by atoms with van der Waals surface area (Å²) in [5, 5.41) is 0. The second-order valence-electron chi connectivity index (χ2n) is 6.53. The zero-order chi connectivity index (χ0) is 13.1. The standard InChI is InChI=1S/C16H26N2O/c1-14-5-2-3-7-16(14)18-10-8-17(9-11-18)13-15-6-4-12-19-15/h4,6,12,14,16H,2-3,5,7-11,13H2,1H3/p+2/t14-,16-/m0/s1. The SMILES string of the molecule is C[C@H]1CCCC[C@@H]1[NH+]1CC[NH+](Cc2ccco2)CC1. The summed E-state index contributed by atoms with van der Waals surface area (Å²) in [4.78, 5) is 3.58. The van der Waals surface area contributed by atoms with Gasteiger partial charge in [0.05, 0.1) is 12.3 Å². The molecule has 0 unspecified atom stereocenters. The Morgan fingerprint density at radius 2 is 1.95 bits per heavy atom. The predicted octanol–water partition coefficient (Wildman–Crippen LogP) is 0.142. The van der Waals surface area contributed by atoms with E-state index in [9.17, 15) is 0 Å². The topological polar surface area (TPSA) is 22.0 Å². The van der Waals surface area contributed by atoms with Gasteiger partial charge in [-0.3, -0.25) is 0 Å². The molecule has 1 saturated heterocycles. The normalized spacial score (nSPS) is 36.3. The van der Waals surface area contributed by atoms with Gasteiger partial charge in [0, 0.05) is 5.92 Å². The number of nitrogens with one attached hydrogen (secondary N) is 2. The maximum absolute atomic E-state index is 5.47. The van der Waals surface area contributed by atoms with Gasteiger partial charge in [0.15, 0.2) is 5.76 Å². The molecule has 3 rings (SSSR count).